The lowest BCUT2D eigenvalue weighted by Gasteiger charge is -2.17. The predicted molar refractivity (Wildman–Crippen MR) is 85.1 cm³/mol. The Kier molecular flexibility index (Phi) is 4.95. The van der Waals surface area contributed by atoms with Crippen molar-refractivity contribution in [1.82, 2.24) is 0 Å². The fraction of sp³-hybridized carbons (Fsp3) is 0.235. The number of benzene rings is 2. The molecule has 2 aromatic carbocycles. The normalized spacial score (nSPS) is 11.8. The second-order valence-electron chi connectivity index (χ2n) is 5.03. The van der Waals surface area contributed by atoms with Gasteiger partial charge in [-0.1, -0.05) is 30.3 Å². The van der Waals surface area contributed by atoms with Crippen LogP contribution in [0.5, 0.6) is 0 Å². The molecule has 0 heterocycles. The molecule has 110 valence electrons. The van der Waals surface area contributed by atoms with E-state index in [4.69, 9.17) is 0 Å². The van der Waals surface area contributed by atoms with Crippen LogP contribution < -0.4 is 10.6 Å². The Labute approximate surface area is 124 Å². The summed E-state index contributed by atoms with van der Waals surface area (Å²) in [6.45, 7) is 3.59. The van der Waals surface area contributed by atoms with Crippen molar-refractivity contribution in [1.29, 1.82) is 0 Å². The Morgan fingerprint density at radius 3 is 2.57 bits per heavy atom. The Morgan fingerprint density at radius 1 is 1.14 bits per heavy atom. The lowest BCUT2D eigenvalue weighted by molar-refractivity contribution is -0.114. The van der Waals surface area contributed by atoms with Crippen LogP contribution in [0.1, 0.15) is 31.0 Å². The van der Waals surface area contributed by atoms with Crippen LogP contribution in [0.4, 0.5) is 11.4 Å². The molecule has 0 aliphatic rings. The molecule has 0 aliphatic carbocycles. The Morgan fingerprint density at radius 2 is 1.86 bits per heavy atom. The van der Waals surface area contributed by atoms with Crippen LogP contribution in [0.15, 0.2) is 48.5 Å². The number of aliphatic hydroxyl groups is 1. The SMILES string of the molecule is CC(=O)Nc1cccc(NC(C)c2cccc(CO)c2)c1. The zero-order valence-corrected chi connectivity index (χ0v) is 12.3. The number of rotatable bonds is 5. The van der Waals surface area contributed by atoms with Crippen molar-refractivity contribution in [2.75, 3.05) is 10.6 Å². The average Bonchev–Trinajstić information content (AvgIpc) is 2.47. The van der Waals surface area contributed by atoms with Crippen LogP contribution >= 0.6 is 0 Å². The quantitative estimate of drug-likeness (QED) is 0.789. The van der Waals surface area contributed by atoms with E-state index in [1.165, 1.54) is 6.92 Å². The predicted octanol–water partition coefficient (Wildman–Crippen LogP) is 3.31. The molecular weight excluding hydrogens is 264 g/mol. The molecule has 21 heavy (non-hydrogen) atoms. The molecule has 4 nitrogen and oxygen atoms in total. The number of aliphatic hydroxyl groups excluding tert-OH is 1. The molecule has 0 saturated heterocycles. The minimum atomic E-state index is -0.0872. The van der Waals surface area contributed by atoms with Crippen molar-refractivity contribution in [2.45, 2.75) is 26.5 Å². The molecule has 0 spiro atoms. The van der Waals surface area contributed by atoms with Gasteiger partial charge in [0.1, 0.15) is 0 Å². The highest BCUT2D eigenvalue weighted by molar-refractivity contribution is 5.89. The van der Waals surface area contributed by atoms with Gasteiger partial charge in [0.2, 0.25) is 5.91 Å². The molecule has 0 bridgehead atoms. The number of hydrogen-bond acceptors (Lipinski definition) is 3. The van der Waals surface area contributed by atoms with E-state index < -0.39 is 0 Å². The first-order valence-corrected chi connectivity index (χ1v) is 6.92. The Hall–Kier alpha value is -2.33. The first-order valence-electron chi connectivity index (χ1n) is 6.92. The molecule has 0 radical (unpaired) electrons. The Balaban J connectivity index is 2.11. The highest BCUT2D eigenvalue weighted by Gasteiger charge is 2.06. The molecule has 0 fully saturated rings. The number of nitrogens with one attached hydrogen (secondary N) is 2. The van der Waals surface area contributed by atoms with Gasteiger partial charge in [0.15, 0.2) is 0 Å². The van der Waals surface area contributed by atoms with Gasteiger partial charge in [0.25, 0.3) is 0 Å². The largest absolute Gasteiger partial charge is 0.392 e. The maximum atomic E-state index is 11.1. The van der Waals surface area contributed by atoms with Crippen molar-refractivity contribution in [2.24, 2.45) is 0 Å². The summed E-state index contributed by atoms with van der Waals surface area (Å²) in [5.41, 5.74) is 3.70. The number of carbonyl (C=O) groups is 1. The topological polar surface area (TPSA) is 61.4 Å². The summed E-state index contributed by atoms with van der Waals surface area (Å²) in [6, 6.07) is 15.5. The smallest absolute Gasteiger partial charge is 0.221 e. The van der Waals surface area contributed by atoms with Gasteiger partial charge in [0.05, 0.1) is 6.61 Å². The maximum absolute atomic E-state index is 11.1. The summed E-state index contributed by atoms with van der Waals surface area (Å²) in [7, 11) is 0. The van der Waals surface area contributed by atoms with Crippen molar-refractivity contribution < 1.29 is 9.90 Å². The summed E-state index contributed by atoms with van der Waals surface area (Å²) in [4.78, 5) is 11.1. The molecule has 0 aromatic heterocycles. The Bertz CT molecular complexity index is 626. The lowest BCUT2D eigenvalue weighted by atomic mass is 10.1. The van der Waals surface area contributed by atoms with Gasteiger partial charge in [-0.25, -0.2) is 0 Å². The summed E-state index contributed by atoms with van der Waals surface area (Å²) in [6.07, 6.45) is 0. The summed E-state index contributed by atoms with van der Waals surface area (Å²) in [5.74, 6) is -0.0872. The minimum absolute atomic E-state index is 0.0403. The third kappa shape index (κ3) is 4.33. The fourth-order valence-corrected chi connectivity index (χ4v) is 2.18. The van der Waals surface area contributed by atoms with Gasteiger partial charge >= 0.3 is 0 Å². The van der Waals surface area contributed by atoms with E-state index in [1.54, 1.807) is 0 Å². The van der Waals surface area contributed by atoms with Crippen molar-refractivity contribution in [3.63, 3.8) is 0 Å². The molecule has 2 aromatic rings. The van der Waals surface area contributed by atoms with Crippen LogP contribution in [0.25, 0.3) is 0 Å². The van der Waals surface area contributed by atoms with Crippen LogP contribution in [0, 0.1) is 0 Å². The van der Waals surface area contributed by atoms with Gasteiger partial charge in [-0.3, -0.25) is 4.79 Å². The van der Waals surface area contributed by atoms with Crippen LogP contribution in [-0.4, -0.2) is 11.0 Å². The summed E-state index contributed by atoms with van der Waals surface area (Å²) < 4.78 is 0. The molecule has 0 saturated carbocycles. The molecule has 0 aliphatic heterocycles. The summed E-state index contributed by atoms with van der Waals surface area (Å²) >= 11 is 0. The first-order chi connectivity index (χ1) is 10.1. The van der Waals surface area contributed by atoms with Crippen molar-refractivity contribution in [3.8, 4) is 0 Å². The third-order valence-corrected chi connectivity index (χ3v) is 3.20. The van der Waals surface area contributed by atoms with Gasteiger partial charge in [-0.05, 0) is 36.2 Å². The van der Waals surface area contributed by atoms with E-state index in [0.717, 1.165) is 22.5 Å². The zero-order valence-electron chi connectivity index (χ0n) is 12.3. The first kappa shape index (κ1) is 15.1. The monoisotopic (exact) mass is 284 g/mol. The molecule has 1 amide bonds. The molecular formula is C17H20N2O2. The highest BCUT2D eigenvalue weighted by Crippen LogP contribution is 2.22. The molecule has 4 heteroatoms. The van der Waals surface area contributed by atoms with Crippen molar-refractivity contribution >= 4 is 17.3 Å². The number of carbonyl (C=O) groups excluding carboxylic acids is 1. The van der Waals surface area contributed by atoms with Gasteiger partial charge in [-0.15, -0.1) is 0 Å². The van der Waals surface area contributed by atoms with Crippen LogP contribution in [-0.2, 0) is 11.4 Å². The van der Waals surface area contributed by atoms with Crippen molar-refractivity contribution in [3.05, 3.63) is 59.7 Å². The fourth-order valence-electron chi connectivity index (χ4n) is 2.18. The number of anilines is 2. The van der Waals surface area contributed by atoms with E-state index in [2.05, 4.69) is 17.6 Å². The number of amides is 1. The van der Waals surface area contributed by atoms with Gasteiger partial charge in [0, 0.05) is 24.3 Å². The van der Waals surface area contributed by atoms with E-state index in [9.17, 15) is 9.90 Å². The molecule has 1 atom stereocenters. The van der Waals surface area contributed by atoms with Crippen LogP contribution in [0.2, 0.25) is 0 Å². The highest BCUT2D eigenvalue weighted by atomic mass is 16.3. The van der Waals surface area contributed by atoms with Gasteiger partial charge in [-0.2, -0.15) is 0 Å². The molecule has 2 rings (SSSR count). The average molecular weight is 284 g/mol. The molecule has 1 unspecified atom stereocenters. The lowest BCUT2D eigenvalue weighted by Crippen LogP contribution is -2.09. The minimum Gasteiger partial charge on any atom is -0.392 e. The molecule has 3 N–H and O–H groups in total. The second kappa shape index (κ2) is 6.90. The summed E-state index contributed by atoms with van der Waals surface area (Å²) in [5, 5.41) is 15.3. The number of hydrogen-bond donors (Lipinski definition) is 3. The van der Waals surface area contributed by atoms with Gasteiger partial charge < -0.3 is 15.7 Å². The van der Waals surface area contributed by atoms with E-state index in [1.807, 2.05) is 48.5 Å². The van der Waals surface area contributed by atoms with E-state index in [-0.39, 0.29) is 18.6 Å². The van der Waals surface area contributed by atoms with E-state index >= 15 is 0 Å². The van der Waals surface area contributed by atoms with E-state index in [0.29, 0.717) is 0 Å². The zero-order chi connectivity index (χ0) is 15.2. The van der Waals surface area contributed by atoms with Crippen LogP contribution in [0.3, 0.4) is 0 Å². The third-order valence-electron chi connectivity index (χ3n) is 3.20. The second-order valence-corrected chi connectivity index (χ2v) is 5.03. The standard InChI is InChI=1S/C17H20N2O2/c1-12(15-6-3-5-14(9-15)11-20)18-16-7-4-8-17(10-16)19-13(2)21/h3-10,12,18,20H,11H2,1-2H3,(H,19,21). The maximum Gasteiger partial charge on any atom is 0.221 e.